The van der Waals surface area contributed by atoms with Gasteiger partial charge in [0.25, 0.3) is 0 Å². The van der Waals surface area contributed by atoms with Crippen LogP contribution in [-0.2, 0) is 4.79 Å². The van der Waals surface area contributed by atoms with E-state index in [0.717, 1.165) is 22.7 Å². The van der Waals surface area contributed by atoms with Crippen LogP contribution in [0.2, 0.25) is 0 Å². The summed E-state index contributed by atoms with van der Waals surface area (Å²) < 4.78 is 5.39. The van der Waals surface area contributed by atoms with Crippen LogP contribution in [0.1, 0.15) is 25.0 Å². The van der Waals surface area contributed by atoms with Gasteiger partial charge in [0.2, 0.25) is 5.91 Å². The Balaban J connectivity index is 1.96. The van der Waals surface area contributed by atoms with E-state index in [-0.39, 0.29) is 11.9 Å². The first kappa shape index (κ1) is 16.9. The molecule has 4 heteroatoms. The van der Waals surface area contributed by atoms with Gasteiger partial charge in [0, 0.05) is 11.4 Å². The normalized spacial score (nSPS) is 11.7. The van der Waals surface area contributed by atoms with E-state index in [0.29, 0.717) is 6.61 Å². The quantitative estimate of drug-likeness (QED) is 0.843. The molecule has 0 bridgehead atoms. The maximum atomic E-state index is 12.3. The zero-order valence-electron chi connectivity index (χ0n) is 14.1. The van der Waals surface area contributed by atoms with E-state index >= 15 is 0 Å². The van der Waals surface area contributed by atoms with Crippen molar-refractivity contribution in [3.05, 3.63) is 53.6 Å². The number of hydrogen-bond acceptors (Lipinski definition) is 3. The molecule has 1 atom stereocenters. The van der Waals surface area contributed by atoms with E-state index in [1.165, 1.54) is 5.56 Å². The van der Waals surface area contributed by atoms with Crippen molar-refractivity contribution in [2.45, 2.75) is 33.7 Å². The van der Waals surface area contributed by atoms with Crippen molar-refractivity contribution in [3.63, 3.8) is 0 Å². The van der Waals surface area contributed by atoms with E-state index in [2.05, 4.69) is 23.6 Å². The summed E-state index contributed by atoms with van der Waals surface area (Å²) in [5.74, 6) is 0.723. The SMILES string of the molecule is CCOc1ccc(NC(=O)C(C)Nc2ccc(C)cc2C)cc1. The van der Waals surface area contributed by atoms with Crippen molar-refractivity contribution in [1.82, 2.24) is 0 Å². The number of rotatable bonds is 6. The van der Waals surface area contributed by atoms with Crippen LogP contribution >= 0.6 is 0 Å². The van der Waals surface area contributed by atoms with E-state index < -0.39 is 0 Å². The number of amides is 1. The molecule has 0 saturated heterocycles. The van der Waals surface area contributed by atoms with Gasteiger partial charge >= 0.3 is 0 Å². The van der Waals surface area contributed by atoms with Gasteiger partial charge in [0.05, 0.1) is 6.61 Å². The topological polar surface area (TPSA) is 50.4 Å². The summed E-state index contributed by atoms with van der Waals surface area (Å²) >= 11 is 0. The van der Waals surface area contributed by atoms with Crippen molar-refractivity contribution < 1.29 is 9.53 Å². The van der Waals surface area contributed by atoms with E-state index in [1.807, 2.05) is 57.2 Å². The Morgan fingerprint density at radius 1 is 1.13 bits per heavy atom. The van der Waals surface area contributed by atoms with Crippen LogP contribution in [0.4, 0.5) is 11.4 Å². The van der Waals surface area contributed by atoms with E-state index in [1.54, 1.807) is 0 Å². The largest absolute Gasteiger partial charge is 0.494 e. The number of hydrogen-bond donors (Lipinski definition) is 2. The molecular weight excluding hydrogens is 288 g/mol. The average Bonchev–Trinajstić information content (AvgIpc) is 2.52. The molecule has 0 aliphatic heterocycles. The lowest BCUT2D eigenvalue weighted by Crippen LogP contribution is -2.32. The summed E-state index contributed by atoms with van der Waals surface area (Å²) in [6, 6.07) is 13.2. The Morgan fingerprint density at radius 2 is 1.83 bits per heavy atom. The fraction of sp³-hybridized carbons (Fsp3) is 0.316. The molecule has 1 amide bonds. The number of carbonyl (C=O) groups is 1. The highest BCUT2D eigenvalue weighted by molar-refractivity contribution is 5.96. The maximum absolute atomic E-state index is 12.3. The predicted molar refractivity (Wildman–Crippen MR) is 95.2 cm³/mol. The molecule has 23 heavy (non-hydrogen) atoms. The van der Waals surface area contributed by atoms with Crippen LogP contribution in [0.25, 0.3) is 0 Å². The lowest BCUT2D eigenvalue weighted by atomic mass is 10.1. The van der Waals surface area contributed by atoms with Crippen molar-refractivity contribution in [2.24, 2.45) is 0 Å². The molecule has 4 nitrogen and oxygen atoms in total. The first-order valence-corrected chi connectivity index (χ1v) is 7.87. The Kier molecular flexibility index (Phi) is 5.63. The third kappa shape index (κ3) is 4.74. The van der Waals surface area contributed by atoms with E-state index in [4.69, 9.17) is 4.74 Å². The number of benzene rings is 2. The molecule has 2 rings (SSSR count). The molecule has 1 unspecified atom stereocenters. The van der Waals surface area contributed by atoms with Crippen molar-refractivity contribution in [1.29, 1.82) is 0 Å². The molecule has 0 saturated carbocycles. The zero-order chi connectivity index (χ0) is 16.8. The second kappa shape index (κ2) is 7.68. The minimum absolute atomic E-state index is 0.0749. The molecule has 0 spiro atoms. The van der Waals surface area contributed by atoms with Crippen LogP contribution in [0.3, 0.4) is 0 Å². The van der Waals surface area contributed by atoms with Gasteiger partial charge in [-0.3, -0.25) is 4.79 Å². The van der Waals surface area contributed by atoms with Gasteiger partial charge in [0.15, 0.2) is 0 Å². The van der Waals surface area contributed by atoms with Crippen LogP contribution in [-0.4, -0.2) is 18.6 Å². The first-order valence-electron chi connectivity index (χ1n) is 7.87. The molecule has 0 heterocycles. The molecule has 2 N–H and O–H groups in total. The van der Waals surface area contributed by atoms with Gasteiger partial charge in [-0.05, 0) is 63.6 Å². The molecule has 2 aromatic rings. The van der Waals surface area contributed by atoms with Crippen LogP contribution in [0, 0.1) is 13.8 Å². The highest BCUT2D eigenvalue weighted by atomic mass is 16.5. The number of ether oxygens (including phenoxy) is 1. The van der Waals surface area contributed by atoms with Gasteiger partial charge in [-0.1, -0.05) is 17.7 Å². The predicted octanol–water partition coefficient (Wildman–Crippen LogP) is 4.14. The van der Waals surface area contributed by atoms with Crippen LogP contribution in [0.15, 0.2) is 42.5 Å². The molecule has 2 aromatic carbocycles. The van der Waals surface area contributed by atoms with Gasteiger partial charge in [0.1, 0.15) is 11.8 Å². The summed E-state index contributed by atoms with van der Waals surface area (Å²) in [5, 5.41) is 6.16. The Morgan fingerprint density at radius 3 is 2.43 bits per heavy atom. The third-order valence-electron chi connectivity index (χ3n) is 3.58. The number of carbonyl (C=O) groups excluding carboxylic acids is 1. The monoisotopic (exact) mass is 312 g/mol. The van der Waals surface area contributed by atoms with Crippen molar-refractivity contribution in [2.75, 3.05) is 17.2 Å². The molecule has 0 radical (unpaired) electrons. The lowest BCUT2D eigenvalue weighted by molar-refractivity contribution is -0.116. The Labute approximate surface area is 137 Å². The molecule has 122 valence electrons. The third-order valence-corrected chi connectivity index (χ3v) is 3.58. The first-order chi connectivity index (χ1) is 11.0. The fourth-order valence-corrected chi connectivity index (χ4v) is 2.33. The molecular formula is C19H24N2O2. The molecule has 0 aliphatic carbocycles. The van der Waals surface area contributed by atoms with Crippen LogP contribution < -0.4 is 15.4 Å². The Bertz CT molecular complexity index is 666. The molecule has 0 aliphatic rings. The number of anilines is 2. The summed E-state index contributed by atoms with van der Waals surface area (Å²) in [7, 11) is 0. The second-order valence-electron chi connectivity index (χ2n) is 5.63. The van der Waals surface area contributed by atoms with Crippen molar-refractivity contribution in [3.8, 4) is 5.75 Å². The van der Waals surface area contributed by atoms with Gasteiger partial charge in [-0.2, -0.15) is 0 Å². The summed E-state index contributed by atoms with van der Waals surface area (Å²) in [4.78, 5) is 12.3. The minimum atomic E-state index is -0.331. The van der Waals surface area contributed by atoms with Gasteiger partial charge in [-0.25, -0.2) is 0 Å². The number of aryl methyl sites for hydroxylation is 2. The zero-order valence-corrected chi connectivity index (χ0v) is 14.1. The second-order valence-corrected chi connectivity index (χ2v) is 5.63. The summed E-state index contributed by atoms with van der Waals surface area (Å²) in [5.41, 5.74) is 4.07. The van der Waals surface area contributed by atoms with E-state index in [9.17, 15) is 4.79 Å². The van der Waals surface area contributed by atoms with Crippen molar-refractivity contribution >= 4 is 17.3 Å². The van der Waals surface area contributed by atoms with Crippen LogP contribution in [0.5, 0.6) is 5.75 Å². The van der Waals surface area contributed by atoms with Gasteiger partial charge < -0.3 is 15.4 Å². The Hall–Kier alpha value is -2.49. The highest BCUT2D eigenvalue weighted by Gasteiger charge is 2.13. The highest BCUT2D eigenvalue weighted by Crippen LogP contribution is 2.18. The molecule has 0 aromatic heterocycles. The lowest BCUT2D eigenvalue weighted by Gasteiger charge is -2.17. The average molecular weight is 312 g/mol. The van der Waals surface area contributed by atoms with Gasteiger partial charge in [-0.15, -0.1) is 0 Å². The number of nitrogens with one attached hydrogen (secondary N) is 2. The minimum Gasteiger partial charge on any atom is -0.494 e. The standard InChI is InChI=1S/C19H24N2O2/c1-5-23-17-9-7-16(8-10-17)21-19(22)15(4)20-18-11-6-13(2)12-14(18)3/h6-12,15,20H,5H2,1-4H3,(H,21,22). The smallest absolute Gasteiger partial charge is 0.246 e. The summed E-state index contributed by atoms with van der Waals surface area (Å²) in [6.07, 6.45) is 0. The summed E-state index contributed by atoms with van der Waals surface area (Å²) in [6.45, 7) is 8.51. The molecule has 0 fully saturated rings. The fourth-order valence-electron chi connectivity index (χ4n) is 2.33. The maximum Gasteiger partial charge on any atom is 0.246 e.